The summed E-state index contributed by atoms with van der Waals surface area (Å²) in [6.45, 7) is 5.85. The molecule has 0 unspecified atom stereocenters. The van der Waals surface area contributed by atoms with Crippen molar-refractivity contribution in [3.63, 3.8) is 0 Å². The maximum atomic E-state index is 11.8. The van der Waals surface area contributed by atoms with E-state index < -0.39 is 17.7 Å². The van der Waals surface area contributed by atoms with E-state index in [2.05, 4.69) is 0 Å². The van der Waals surface area contributed by atoms with Gasteiger partial charge in [-0.15, -0.1) is 0 Å². The molecule has 22 heavy (non-hydrogen) atoms. The third kappa shape index (κ3) is 3.67. The normalized spacial score (nSPS) is 12.4. The van der Waals surface area contributed by atoms with Crippen LogP contribution in [0.1, 0.15) is 25.8 Å². The van der Waals surface area contributed by atoms with Crippen molar-refractivity contribution >= 4 is 16.9 Å². The summed E-state index contributed by atoms with van der Waals surface area (Å²) in [6, 6.07) is 6.64. The second-order valence-corrected chi connectivity index (χ2v) is 5.67. The van der Waals surface area contributed by atoms with E-state index in [0.717, 1.165) is 10.9 Å². The van der Waals surface area contributed by atoms with E-state index in [4.69, 9.17) is 13.9 Å². The lowest BCUT2D eigenvalue weighted by atomic mass is 10.1. The van der Waals surface area contributed by atoms with Crippen molar-refractivity contribution < 1.29 is 18.7 Å². The number of benzene rings is 1. The zero-order chi connectivity index (χ0) is 16.3. The fourth-order valence-electron chi connectivity index (χ4n) is 2.29. The number of esters is 1. The Morgan fingerprint density at radius 2 is 2.00 bits per heavy atom. The van der Waals surface area contributed by atoms with Crippen molar-refractivity contribution in [1.29, 1.82) is 0 Å². The number of hydrogen-bond donors (Lipinski definition) is 0. The summed E-state index contributed by atoms with van der Waals surface area (Å²) in [5.41, 5.74) is 0.869. The van der Waals surface area contributed by atoms with Crippen molar-refractivity contribution in [3.05, 3.63) is 40.2 Å². The molecule has 0 spiro atoms. The SMILES string of the molecule is COC(=O)[C@H](CC(C)C)Oc1ccc2c(C)cc(=O)oc2c1. The smallest absolute Gasteiger partial charge is 0.347 e. The largest absolute Gasteiger partial charge is 0.479 e. The first-order valence-electron chi connectivity index (χ1n) is 7.19. The Hall–Kier alpha value is -2.30. The van der Waals surface area contributed by atoms with Gasteiger partial charge >= 0.3 is 11.6 Å². The Bertz CT molecular complexity index is 729. The number of ether oxygens (including phenoxy) is 2. The van der Waals surface area contributed by atoms with Crippen LogP contribution in [0.5, 0.6) is 5.75 Å². The van der Waals surface area contributed by atoms with Gasteiger partial charge in [0.05, 0.1) is 7.11 Å². The highest BCUT2D eigenvalue weighted by atomic mass is 16.6. The summed E-state index contributed by atoms with van der Waals surface area (Å²) in [5.74, 6) is 0.335. The first kappa shape index (κ1) is 16.1. The second kappa shape index (κ2) is 6.64. The molecule has 0 aliphatic heterocycles. The molecule has 0 amide bonds. The van der Waals surface area contributed by atoms with Crippen LogP contribution in [0.4, 0.5) is 0 Å². The third-order valence-electron chi connectivity index (χ3n) is 3.35. The fourth-order valence-corrected chi connectivity index (χ4v) is 2.29. The molecule has 1 atom stereocenters. The molecule has 0 fully saturated rings. The highest BCUT2D eigenvalue weighted by molar-refractivity contribution is 5.81. The van der Waals surface area contributed by atoms with Crippen LogP contribution in [-0.2, 0) is 9.53 Å². The number of methoxy groups -OCH3 is 1. The van der Waals surface area contributed by atoms with E-state index in [1.807, 2.05) is 26.8 Å². The molecule has 0 saturated heterocycles. The standard InChI is InChI=1S/C17H20O5/c1-10(2)7-15(17(19)20-4)21-12-5-6-13-11(3)8-16(18)22-14(13)9-12/h5-6,8-10,15H,7H2,1-4H3/t15-/m0/s1. The second-order valence-electron chi connectivity index (χ2n) is 5.67. The molecule has 1 aromatic heterocycles. The lowest BCUT2D eigenvalue weighted by Crippen LogP contribution is -2.30. The van der Waals surface area contributed by atoms with Crippen LogP contribution in [0.3, 0.4) is 0 Å². The number of hydrogen-bond acceptors (Lipinski definition) is 5. The Labute approximate surface area is 128 Å². The molecular formula is C17H20O5. The highest BCUT2D eigenvalue weighted by Gasteiger charge is 2.22. The summed E-state index contributed by atoms with van der Waals surface area (Å²) >= 11 is 0. The lowest BCUT2D eigenvalue weighted by Gasteiger charge is -2.18. The molecule has 0 saturated carbocycles. The van der Waals surface area contributed by atoms with Gasteiger partial charge in [0.1, 0.15) is 11.3 Å². The quantitative estimate of drug-likeness (QED) is 0.627. The van der Waals surface area contributed by atoms with Crippen LogP contribution in [0, 0.1) is 12.8 Å². The Morgan fingerprint density at radius 3 is 2.64 bits per heavy atom. The summed E-state index contributed by atoms with van der Waals surface area (Å²) in [4.78, 5) is 23.3. The monoisotopic (exact) mass is 304 g/mol. The van der Waals surface area contributed by atoms with Crippen LogP contribution < -0.4 is 10.4 Å². The molecule has 5 heteroatoms. The molecule has 2 aromatic rings. The molecular weight excluding hydrogens is 284 g/mol. The van der Waals surface area contributed by atoms with E-state index in [9.17, 15) is 9.59 Å². The van der Waals surface area contributed by atoms with Gasteiger partial charge in [0.15, 0.2) is 6.10 Å². The fraction of sp³-hybridized carbons (Fsp3) is 0.412. The molecule has 2 rings (SSSR count). The van der Waals surface area contributed by atoms with Crippen LogP contribution in [0.25, 0.3) is 11.0 Å². The number of fused-ring (bicyclic) bond motifs is 1. The van der Waals surface area contributed by atoms with Gasteiger partial charge in [-0.05, 0) is 37.0 Å². The van der Waals surface area contributed by atoms with Gasteiger partial charge in [-0.2, -0.15) is 0 Å². The number of aryl methyl sites for hydroxylation is 1. The number of carbonyl (C=O) groups excluding carboxylic acids is 1. The first-order valence-corrected chi connectivity index (χ1v) is 7.19. The zero-order valence-electron chi connectivity index (χ0n) is 13.2. The number of rotatable bonds is 5. The predicted molar refractivity (Wildman–Crippen MR) is 83.1 cm³/mol. The topological polar surface area (TPSA) is 65.7 Å². The predicted octanol–water partition coefficient (Wildman–Crippen LogP) is 3.07. The van der Waals surface area contributed by atoms with Gasteiger partial charge in [0.25, 0.3) is 0 Å². The van der Waals surface area contributed by atoms with Crippen molar-refractivity contribution in [2.45, 2.75) is 33.3 Å². The summed E-state index contributed by atoms with van der Waals surface area (Å²) in [6.07, 6.45) is -0.137. The Morgan fingerprint density at radius 1 is 1.27 bits per heavy atom. The van der Waals surface area contributed by atoms with Crippen molar-refractivity contribution in [2.24, 2.45) is 5.92 Å². The summed E-state index contributed by atoms with van der Waals surface area (Å²) < 4.78 is 15.7. The van der Waals surface area contributed by atoms with E-state index in [0.29, 0.717) is 17.8 Å². The maximum absolute atomic E-state index is 11.8. The van der Waals surface area contributed by atoms with Crippen molar-refractivity contribution in [2.75, 3.05) is 7.11 Å². The van der Waals surface area contributed by atoms with Crippen LogP contribution in [0.2, 0.25) is 0 Å². The molecule has 1 aromatic carbocycles. The van der Waals surface area contributed by atoms with Crippen LogP contribution in [-0.4, -0.2) is 19.2 Å². The minimum absolute atomic E-state index is 0.282. The van der Waals surface area contributed by atoms with Gasteiger partial charge < -0.3 is 13.9 Å². The van der Waals surface area contributed by atoms with E-state index in [-0.39, 0.29) is 5.92 Å². The summed E-state index contributed by atoms with van der Waals surface area (Å²) in [5, 5.41) is 0.838. The van der Waals surface area contributed by atoms with Crippen LogP contribution in [0.15, 0.2) is 33.5 Å². The minimum Gasteiger partial charge on any atom is -0.479 e. The van der Waals surface area contributed by atoms with Gasteiger partial charge in [-0.3, -0.25) is 0 Å². The van der Waals surface area contributed by atoms with E-state index in [1.165, 1.54) is 13.2 Å². The Kier molecular flexibility index (Phi) is 4.85. The van der Waals surface area contributed by atoms with Crippen LogP contribution >= 0.6 is 0 Å². The third-order valence-corrected chi connectivity index (χ3v) is 3.35. The molecule has 0 aliphatic rings. The minimum atomic E-state index is -0.681. The van der Waals surface area contributed by atoms with Crippen molar-refractivity contribution in [1.82, 2.24) is 0 Å². The van der Waals surface area contributed by atoms with Gasteiger partial charge in [0.2, 0.25) is 0 Å². The first-order chi connectivity index (χ1) is 10.4. The lowest BCUT2D eigenvalue weighted by molar-refractivity contribution is -0.149. The highest BCUT2D eigenvalue weighted by Crippen LogP contribution is 2.24. The van der Waals surface area contributed by atoms with Crippen molar-refractivity contribution in [3.8, 4) is 5.75 Å². The molecule has 1 heterocycles. The molecule has 0 radical (unpaired) electrons. The Balaban J connectivity index is 2.33. The molecule has 118 valence electrons. The molecule has 0 bridgehead atoms. The molecule has 0 N–H and O–H groups in total. The zero-order valence-corrected chi connectivity index (χ0v) is 13.2. The van der Waals surface area contributed by atoms with Gasteiger partial charge in [0, 0.05) is 17.5 Å². The van der Waals surface area contributed by atoms with Gasteiger partial charge in [-0.1, -0.05) is 13.8 Å². The average Bonchev–Trinajstić information content (AvgIpc) is 2.44. The molecule has 5 nitrogen and oxygen atoms in total. The molecule has 0 aliphatic carbocycles. The average molecular weight is 304 g/mol. The van der Waals surface area contributed by atoms with E-state index in [1.54, 1.807) is 12.1 Å². The summed E-state index contributed by atoms with van der Waals surface area (Å²) in [7, 11) is 1.34. The van der Waals surface area contributed by atoms with Gasteiger partial charge in [-0.25, -0.2) is 9.59 Å². The number of carbonyl (C=O) groups is 1. The van der Waals surface area contributed by atoms with E-state index >= 15 is 0 Å². The maximum Gasteiger partial charge on any atom is 0.347 e.